The Hall–Kier alpha value is -3.39. The first-order valence-electron chi connectivity index (χ1n) is 8.27. The molecule has 0 saturated heterocycles. The molecule has 0 bridgehead atoms. The molecule has 8 heteroatoms. The summed E-state index contributed by atoms with van der Waals surface area (Å²) in [5.74, 6) is -0.610. The number of aliphatic hydroxyl groups is 1. The number of rotatable bonds is 5. The van der Waals surface area contributed by atoms with Gasteiger partial charge in [0.1, 0.15) is 23.6 Å². The molecule has 0 fully saturated rings. The Morgan fingerprint density at radius 3 is 2.41 bits per heavy atom. The Morgan fingerprint density at radius 1 is 0.926 bits per heavy atom. The number of aliphatic hydroxyl groups excluding tert-OH is 1. The Bertz CT molecular complexity index is 1060. The largest absolute Gasteiger partial charge is 0.386 e. The minimum absolute atomic E-state index is 0.112. The molecule has 0 aliphatic carbocycles. The smallest absolute Gasteiger partial charge is 0.185 e. The molecule has 2 aromatic carbocycles. The predicted molar refractivity (Wildman–Crippen MR) is 96.0 cm³/mol. The molecule has 0 aliphatic rings. The molecule has 0 radical (unpaired) electrons. The van der Waals surface area contributed by atoms with Crippen LogP contribution in [0.5, 0.6) is 0 Å². The third-order valence-corrected chi connectivity index (χ3v) is 4.10. The maximum Gasteiger partial charge on any atom is 0.185 e. The highest BCUT2D eigenvalue weighted by Gasteiger charge is 2.18. The van der Waals surface area contributed by atoms with E-state index in [1.54, 1.807) is 16.6 Å². The number of benzene rings is 2. The van der Waals surface area contributed by atoms with Crippen LogP contribution in [0, 0.1) is 11.6 Å². The quantitative estimate of drug-likeness (QED) is 0.567. The average Bonchev–Trinajstić information content (AvgIpc) is 3.10. The summed E-state index contributed by atoms with van der Waals surface area (Å²) >= 11 is 0. The van der Waals surface area contributed by atoms with Crippen LogP contribution < -0.4 is 5.32 Å². The fourth-order valence-corrected chi connectivity index (χ4v) is 2.78. The van der Waals surface area contributed by atoms with Crippen molar-refractivity contribution in [1.82, 2.24) is 19.8 Å². The van der Waals surface area contributed by atoms with Crippen molar-refractivity contribution in [1.29, 1.82) is 0 Å². The molecule has 0 saturated carbocycles. The molecule has 4 aromatic rings. The second kappa shape index (κ2) is 7.08. The van der Waals surface area contributed by atoms with E-state index in [1.165, 1.54) is 6.07 Å². The van der Waals surface area contributed by atoms with Gasteiger partial charge in [-0.05, 0) is 24.3 Å². The van der Waals surface area contributed by atoms with E-state index < -0.39 is 17.7 Å². The molecular formula is C19H15F2N5O. The summed E-state index contributed by atoms with van der Waals surface area (Å²) in [6, 6.07) is 16.3. The van der Waals surface area contributed by atoms with Gasteiger partial charge in [-0.15, -0.1) is 15.3 Å². The maximum absolute atomic E-state index is 13.8. The second-order valence-corrected chi connectivity index (χ2v) is 5.91. The second-order valence-electron chi connectivity index (χ2n) is 5.91. The van der Waals surface area contributed by atoms with Gasteiger partial charge in [-0.25, -0.2) is 8.78 Å². The van der Waals surface area contributed by atoms with Gasteiger partial charge in [-0.3, -0.25) is 0 Å². The molecule has 0 aliphatic heterocycles. The summed E-state index contributed by atoms with van der Waals surface area (Å²) in [7, 11) is 0. The van der Waals surface area contributed by atoms with Crippen LogP contribution in [0.1, 0.15) is 11.7 Å². The number of hydrogen-bond donors (Lipinski definition) is 2. The van der Waals surface area contributed by atoms with Gasteiger partial charge in [0.25, 0.3) is 0 Å². The Kier molecular flexibility index (Phi) is 4.47. The van der Waals surface area contributed by atoms with Crippen LogP contribution in [0.4, 0.5) is 14.6 Å². The Labute approximate surface area is 153 Å². The SMILES string of the molecule is OC(CNc1ccc2nnc(-c3ccccc3)n2n1)c1c(F)cccc1F. The van der Waals surface area contributed by atoms with Crippen molar-refractivity contribution in [3.8, 4) is 11.4 Å². The molecule has 2 N–H and O–H groups in total. The summed E-state index contributed by atoms with van der Waals surface area (Å²) in [4.78, 5) is 0. The van der Waals surface area contributed by atoms with Gasteiger partial charge >= 0.3 is 0 Å². The van der Waals surface area contributed by atoms with Crippen LogP contribution in [0.2, 0.25) is 0 Å². The number of fused-ring (bicyclic) bond motifs is 1. The first kappa shape index (κ1) is 17.0. The van der Waals surface area contributed by atoms with Gasteiger partial charge in [0, 0.05) is 12.1 Å². The van der Waals surface area contributed by atoms with E-state index in [1.807, 2.05) is 30.3 Å². The lowest BCUT2D eigenvalue weighted by molar-refractivity contribution is 0.181. The predicted octanol–water partition coefficient (Wildman–Crippen LogP) is 3.22. The summed E-state index contributed by atoms with van der Waals surface area (Å²) in [6.45, 7) is -0.112. The molecule has 1 unspecified atom stereocenters. The monoisotopic (exact) mass is 367 g/mol. The molecule has 1 atom stereocenters. The highest BCUT2D eigenvalue weighted by molar-refractivity contribution is 5.59. The van der Waals surface area contributed by atoms with Crippen LogP contribution in [0.3, 0.4) is 0 Å². The molecular weight excluding hydrogens is 352 g/mol. The maximum atomic E-state index is 13.8. The van der Waals surface area contributed by atoms with Gasteiger partial charge in [0.05, 0.1) is 5.56 Å². The highest BCUT2D eigenvalue weighted by atomic mass is 19.1. The van der Waals surface area contributed by atoms with Crippen LogP contribution in [0.15, 0.2) is 60.7 Å². The standard InChI is InChI=1S/C19H15F2N5O/c20-13-7-4-8-14(21)18(13)15(27)11-22-16-9-10-17-23-24-19(26(17)25-16)12-5-2-1-3-6-12/h1-10,15,27H,11H2,(H,22,25). The molecule has 4 rings (SSSR count). The van der Waals surface area contributed by atoms with Crippen LogP contribution in [-0.2, 0) is 0 Å². The number of halogens is 2. The number of nitrogens with one attached hydrogen (secondary N) is 1. The van der Waals surface area contributed by atoms with Crippen molar-refractivity contribution in [3.05, 3.63) is 77.9 Å². The molecule has 27 heavy (non-hydrogen) atoms. The number of hydrogen-bond acceptors (Lipinski definition) is 5. The normalized spacial score (nSPS) is 12.3. The lowest BCUT2D eigenvalue weighted by atomic mass is 10.1. The van der Waals surface area contributed by atoms with Gasteiger partial charge in [0.2, 0.25) is 0 Å². The molecule has 2 heterocycles. The first-order chi connectivity index (χ1) is 13.1. The lowest BCUT2D eigenvalue weighted by Gasteiger charge is -2.14. The van der Waals surface area contributed by atoms with Crippen LogP contribution in [0.25, 0.3) is 17.0 Å². The van der Waals surface area contributed by atoms with E-state index in [9.17, 15) is 13.9 Å². The number of anilines is 1. The lowest BCUT2D eigenvalue weighted by Crippen LogP contribution is -2.16. The zero-order valence-electron chi connectivity index (χ0n) is 14.0. The molecule has 2 aromatic heterocycles. The number of nitrogens with zero attached hydrogens (tertiary/aromatic N) is 4. The Morgan fingerprint density at radius 2 is 1.67 bits per heavy atom. The minimum atomic E-state index is -1.36. The van der Waals surface area contributed by atoms with Crippen molar-refractivity contribution >= 4 is 11.5 Å². The van der Waals surface area contributed by atoms with E-state index in [-0.39, 0.29) is 12.1 Å². The van der Waals surface area contributed by atoms with Crippen molar-refractivity contribution in [2.45, 2.75) is 6.10 Å². The third kappa shape index (κ3) is 3.34. The van der Waals surface area contributed by atoms with Crippen molar-refractivity contribution in [3.63, 3.8) is 0 Å². The van der Waals surface area contributed by atoms with E-state index in [4.69, 9.17) is 0 Å². The van der Waals surface area contributed by atoms with E-state index in [0.29, 0.717) is 17.3 Å². The fraction of sp³-hybridized carbons (Fsp3) is 0.105. The van der Waals surface area contributed by atoms with Crippen molar-refractivity contribution in [2.75, 3.05) is 11.9 Å². The zero-order valence-corrected chi connectivity index (χ0v) is 14.0. The fourth-order valence-electron chi connectivity index (χ4n) is 2.78. The first-order valence-corrected chi connectivity index (χ1v) is 8.27. The summed E-state index contributed by atoms with van der Waals surface area (Å²) in [5.41, 5.74) is 1.03. The van der Waals surface area contributed by atoms with E-state index in [0.717, 1.165) is 17.7 Å². The summed E-state index contributed by atoms with van der Waals surface area (Å²) in [5, 5.41) is 25.7. The van der Waals surface area contributed by atoms with Gasteiger partial charge in [-0.2, -0.15) is 4.52 Å². The van der Waals surface area contributed by atoms with Crippen LogP contribution >= 0.6 is 0 Å². The molecule has 0 spiro atoms. The topological polar surface area (TPSA) is 75.3 Å². The third-order valence-electron chi connectivity index (χ3n) is 4.10. The zero-order chi connectivity index (χ0) is 18.8. The van der Waals surface area contributed by atoms with Gasteiger partial charge in [0.15, 0.2) is 11.5 Å². The van der Waals surface area contributed by atoms with Crippen molar-refractivity contribution in [2.24, 2.45) is 0 Å². The highest BCUT2D eigenvalue weighted by Crippen LogP contribution is 2.22. The molecule has 6 nitrogen and oxygen atoms in total. The van der Waals surface area contributed by atoms with Crippen molar-refractivity contribution < 1.29 is 13.9 Å². The molecule has 136 valence electrons. The van der Waals surface area contributed by atoms with E-state index in [2.05, 4.69) is 20.6 Å². The Balaban J connectivity index is 1.58. The minimum Gasteiger partial charge on any atom is -0.386 e. The average molecular weight is 367 g/mol. The van der Waals surface area contributed by atoms with E-state index >= 15 is 0 Å². The van der Waals surface area contributed by atoms with Gasteiger partial charge in [-0.1, -0.05) is 36.4 Å². The summed E-state index contributed by atoms with van der Waals surface area (Å²) in [6.07, 6.45) is -1.36. The summed E-state index contributed by atoms with van der Waals surface area (Å²) < 4.78 is 29.1. The molecule has 0 amide bonds. The van der Waals surface area contributed by atoms with Gasteiger partial charge < -0.3 is 10.4 Å². The number of aromatic nitrogens is 4. The van der Waals surface area contributed by atoms with Crippen LogP contribution in [-0.4, -0.2) is 31.5 Å².